The average Bonchev–Trinajstić information content (AvgIpc) is 3.15. The molecule has 21 heavy (non-hydrogen) atoms. The van der Waals surface area contributed by atoms with Gasteiger partial charge in [0.2, 0.25) is 6.79 Å². The molecule has 0 unspecified atom stereocenters. The quantitative estimate of drug-likeness (QED) is 0.850. The van der Waals surface area contributed by atoms with Crippen molar-refractivity contribution in [2.24, 2.45) is 0 Å². The predicted octanol–water partition coefficient (Wildman–Crippen LogP) is 2.22. The molecule has 1 aromatic heterocycles. The molecule has 2 aliphatic heterocycles. The Bertz CT molecular complexity index is 784. The fourth-order valence-electron chi connectivity index (χ4n) is 2.66. The van der Waals surface area contributed by atoms with Crippen LogP contribution in [0.2, 0.25) is 0 Å². The van der Waals surface area contributed by atoms with Gasteiger partial charge in [-0.15, -0.1) is 11.3 Å². The maximum absolute atomic E-state index is 12.6. The van der Waals surface area contributed by atoms with Crippen molar-refractivity contribution in [3.8, 4) is 11.5 Å². The van der Waals surface area contributed by atoms with Crippen molar-refractivity contribution in [2.75, 3.05) is 13.3 Å². The monoisotopic (exact) mass is 323 g/mol. The van der Waals surface area contributed by atoms with E-state index in [1.807, 2.05) is 12.1 Å². The Morgan fingerprint density at radius 1 is 1.14 bits per heavy atom. The summed E-state index contributed by atoms with van der Waals surface area (Å²) in [6.45, 7) is 1.11. The van der Waals surface area contributed by atoms with E-state index in [0.717, 1.165) is 16.9 Å². The molecule has 4 rings (SSSR count). The summed E-state index contributed by atoms with van der Waals surface area (Å²) in [6.07, 6.45) is 0.691. The number of sulfonamides is 1. The summed E-state index contributed by atoms with van der Waals surface area (Å²) in [5, 5.41) is 1.78. The number of thiophene rings is 1. The highest BCUT2D eigenvalue weighted by Gasteiger charge is 2.30. The van der Waals surface area contributed by atoms with Crippen molar-refractivity contribution in [3.63, 3.8) is 0 Å². The van der Waals surface area contributed by atoms with E-state index in [-0.39, 0.29) is 6.79 Å². The smallest absolute Gasteiger partial charge is 0.252 e. The van der Waals surface area contributed by atoms with E-state index in [9.17, 15) is 8.42 Å². The largest absolute Gasteiger partial charge is 0.454 e. The average molecular weight is 323 g/mol. The number of nitrogens with zero attached hydrogens (tertiary/aromatic N) is 1. The van der Waals surface area contributed by atoms with Crippen LogP contribution in [-0.4, -0.2) is 26.1 Å². The molecule has 0 saturated carbocycles. The molecule has 5 nitrogen and oxygen atoms in total. The summed E-state index contributed by atoms with van der Waals surface area (Å²) in [4.78, 5) is 0. The summed E-state index contributed by atoms with van der Waals surface area (Å²) in [6, 6.07) is 7.27. The van der Waals surface area contributed by atoms with Crippen molar-refractivity contribution in [3.05, 3.63) is 40.8 Å². The first-order valence-corrected chi connectivity index (χ1v) is 8.91. The number of rotatable bonds is 2. The zero-order valence-electron chi connectivity index (χ0n) is 11.1. The van der Waals surface area contributed by atoms with Gasteiger partial charge in [-0.25, -0.2) is 8.42 Å². The second-order valence-corrected chi connectivity index (χ2v) is 8.11. The SMILES string of the molecule is O=S(=O)(c1cccs1)N1CCc2cc3c(cc2C1)OCO3. The molecule has 0 atom stereocenters. The van der Waals surface area contributed by atoms with Crippen molar-refractivity contribution in [2.45, 2.75) is 17.2 Å². The summed E-state index contributed by atoms with van der Waals surface area (Å²) in [5.41, 5.74) is 2.13. The minimum Gasteiger partial charge on any atom is -0.454 e. The highest BCUT2D eigenvalue weighted by molar-refractivity contribution is 7.91. The highest BCUT2D eigenvalue weighted by atomic mass is 32.2. The molecule has 0 bridgehead atoms. The number of ether oxygens (including phenoxy) is 2. The zero-order chi connectivity index (χ0) is 14.4. The van der Waals surface area contributed by atoms with E-state index in [1.165, 1.54) is 15.6 Å². The van der Waals surface area contributed by atoms with Crippen LogP contribution in [0.25, 0.3) is 0 Å². The molecule has 7 heteroatoms. The van der Waals surface area contributed by atoms with Crippen LogP contribution in [0, 0.1) is 0 Å². The second-order valence-electron chi connectivity index (χ2n) is 4.99. The molecule has 0 fully saturated rings. The van der Waals surface area contributed by atoms with Gasteiger partial charge in [0.1, 0.15) is 4.21 Å². The van der Waals surface area contributed by atoms with E-state index in [0.29, 0.717) is 29.5 Å². The lowest BCUT2D eigenvalue weighted by Gasteiger charge is -2.27. The van der Waals surface area contributed by atoms with Crippen molar-refractivity contribution >= 4 is 21.4 Å². The van der Waals surface area contributed by atoms with Gasteiger partial charge in [-0.3, -0.25) is 0 Å². The minimum absolute atomic E-state index is 0.232. The van der Waals surface area contributed by atoms with Gasteiger partial charge in [0, 0.05) is 13.1 Å². The lowest BCUT2D eigenvalue weighted by molar-refractivity contribution is 0.174. The normalized spacial score (nSPS) is 17.7. The van der Waals surface area contributed by atoms with E-state index in [4.69, 9.17) is 9.47 Å². The first kappa shape index (κ1) is 13.1. The lowest BCUT2D eigenvalue weighted by atomic mass is 10.0. The van der Waals surface area contributed by atoms with Crippen LogP contribution in [0.4, 0.5) is 0 Å². The Morgan fingerprint density at radius 2 is 1.90 bits per heavy atom. The van der Waals surface area contributed by atoms with Gasteiger partial charge in [-0.2, -0.15) is 4.31 Å². The first-order valence-electron chi connectivity index (χ1n) is 6.60. The third-order valence-corrected chi connectivity index (χ3v) is 6.98. The van der Waals surface area contributed by atoms with E-state index >= 15 is 0 Å². The molecule has 110 valence electrons. The minimum atomic E-state index is -3.40. The molecule has 1 aromatic carbocycles. The van der Waals surface area contributed by atoms with Crippen molar-refractivity contribution < 1.29 is 17.9 Å². The first-order chi connectivity index (χ1) is 10.1. The Balaban J connectivity index is 1.68. The van der Waals surface area contributed by atoms with Crippen LogP contribution in [0.1, 0.15) is 11.1 Å². The summed E-state index contributed by atoms with van der Waals surface area (Å²) < 4.78 is 37.8. The molecule has 2 aromatic rings. The van der Waals surface area contributed by atoms with Gasteiger partial charge in [-0.1, -0.05) is 6.07 Å². The van der Waals surface area contributed by atoms with Crippen LogP contribution in [-0.2, 0) is 23.0 Å². The Morgan fingerprint density at radius 3 is 2.62 bits per heavy atom. The van der Waals surface area contributed by atoms with Gasteiger partial charge >= 0.3 is 0 Å². The fourth-order valence-corrected chi connectivity index (χ4v) is 5.23. The Kier molecular flexibility index (Phi) is 2.95. The van der Waals surface area contributed by atoms with E-state index in [2.05, 4.69) is 0 Å². The molecule has 0 amide bonds. The Labute approximate surface area is 126 Å². The third kappa shape index (κ3) is 2.12. The van der Waals surface area contributed by atoms with Crippen molar-refractivity contribution in [1.82, 2.24) is 4.31 Å². The van der Waals surface area contributed by atoms with Gasteiger partial charge in [-0.05, 0) is 41.1 Å². The van der Waals surface area contributed by atoms with Gasteiger partial charge in [0.25, 0.3) is 10.0 Å². The van der Waals surface area contributed by atoms with Crippen LogP contribution >= 0.6 is 11.3 Å². The number of fused-ring (bicyclic) bond motifs is 2. The fraction of sp³-hybridized carbons (Fsp3) is 0.286. The molecule has 0 spiro atoms. The summed E-state index contributed by atoms with van der Waals surface area (Å²) >= 11 is 1.25. The second kappa shape index (κ2) is 4.72. The van der Waals surface area contributed by atoms with E-state index < -0.39 is 10.0 Å². The standard InChI is InChI=1S/C14H13NO4S2/c16-21(17,14-2-1-5-20-14)15-4-3-10-6-12-13(19-9-18-12)7-11(10)8-15/h1-2,5-7H,3-4,8-9H2. The maximum Gasteiger partial charge on any atom is 0.252 e. The van der Waals surface area contributed by atoms with Crippen LogP contribution in [0.5, 0.6) is 11.5 Å². The molecule has 0 aliphatic carbocycles. The maximum atomic E-state index is 12.6. The molecule has 2 aliphatic rings. The third-order valence-electron chi connectivity index (χ3n) is 3.76. The van der Waals surface area contributed by atoms with E-state index in [1.54, 1.807) is 17.5 Å². The van der Waals surface area contributed by atoms with Crippen LogP contribution in [0.15, 0.2) is 33.9 Å². The summed E-state index contributed by atoms with van der Waals surface area (Å²) in [7, 11) is -3.40. The molecule has 0 radical (unpaired) electrons. The Hall–Kier alpha value is -1.57. The van der Waals surface area contributed by atoms with Crippen molar-refractivity contribution in [1.29, 1.82) is 0 Å². The van der Waals surface area contributed by atoms with Gasteiger partial charge in [0.15, 0.2) is 11.5 Å². The van der Waals surface area contributed by atoms with Crippen LogP contribution < -0.4 is 9.47 Å². The van der Waals surface area contributed by atoms with Crippen LogP contribution in [0.3, 0.4) is 0 Å². The molecule has 0 saturated heterocycles. The van der Waals surface area contributed by atoms with Gasteiger partial charge < -0.3 is 9.47 Å². The predicted molar refractivity (Wildman–Crippen MR) is 78.2 cm³/mol. The molecular formula is C14H13NO4S2. The lowest BCUT2D eigenvalue weighted by Crippen LogP contribution is -2.35. The summed E-state index contributed by atoms with van der Waals surface area (Å²) in [5.74, 6) is 1.45. The van der Waals surface area contributed by atoms with Gasteiger partial charge in [0.05, 0.1) is 0 Å². The highest BCUT2D eigenvalue weighted by Crippen LogP contribution is 2.37. The topological polar surface area (TPSA) is 55.8 Å². The molecule has 0 N–H and O–H groups in total. The number of benzene rings is 1. The number of hydrogen-bond acceptors (Lipinski definition) is 5. The number of hydrogen-bond donors (Lipinski definition) is 0. The zero-order valence-corrected chi connectivity index (χ0v) is 12.7. The molecule has 3 heterocycles. The molecular weight excluding hydrogens is 310 g/mol.